The number of anilines is 1. The lowest BCUT2D eigenvalue weighted by molar-refractivity contribution is 0.104. The molecule has 4 nitrogen and oxygen atoms in total. The molecular formula is C24H31NO3. The second-order valence-electron chi connectivity index (χ2n) is 9.09. The first-order valence-electron chi connectivity index (χ1n) is 9.39. The van der Waals surface area contributed by atoms with Crippen LogP contribution in [-0.4, -0.2) is 18.0 Å². The smallest absolute Gasteiger partial charge is 0.185 e. The number of methoxy groups -OCH3 is 1. The highest BCUT2D eigenvalue weighted by molar-refractivity contribution is 6.07. The molecule has 0 radical (unpaired) electrons. The second kappa shape index (κ2) is 7.70. The Hall–Kier alpha value is -2.75. The van der Waals surface area contributed by atoms with E-state index in [9.17, 15) is 9.90 Å². The van der Waals surface area contributed by atoms with Crippen molar-refractivity contribution < 1.29 is 14.6 Å². The van der Waals surface area contributed by atoms with Crippen LogP contribution in [0.15, 0.2) is 36.4 Å². The van der Waals surface area contributed by atoms with E-state index in [1.807, 2.05) is 26.8 Å². The van der Waals surface area contributed by atoms with Crippen molar-refractivity contribution in [3.63, 3.8) is 0 Å². The number of aromatic hydroxyl groups is 1. The molecule has 4 heteroatoms. The van der Waals surface area contributed by atoms with Crippen molar-refractivity contribution in [2.24, 2.45) is 0 Å². The SMILES string of the molecule is COc1c(C(C)(C)C)cc(C(C)(C)C)c(O)c1C=CC(=O)c1ccc(N)cc1. The van der Waals surface area contributed by atoms with E-state index in [4.69, 9.17) is 10.5 Å². The molecule has 0 unspecified atom stereocenters. The predicted octanol–water partition coefficient (Wildman–Crippen LogP) is 5.47. The van der Waals surface area contributed by atoms with E-state index >= 15 is 0 Å². The van der Waals surface area contributed by atoms with E-state index in [0.29, 0.717) is 22.6 Å². The minimum absolute atomic E-state index is 0.138. The van der Waals surface area contributed by atoms with Gasteiger partial charge < -0.3 is 15.6 Å². The lowest BCUT2D eigenvalue weighted by atomic mass is 9.78. The van der Waals surface area contributed by atoms with Crippen LogP contribution in [0.1, 0.15) is 68.6 Å². The van der Waals surface area contributed by atoms with Gasteiger partial charge in [0.2, 0.25) is 0 Å². The highest BCUT2D eigenvalue weighted by atomic mass is 16.5. The molecule has 28 heavy (non-hydrogen) atoms. The molecule has 2 aromatic rings. The molecule has 0 saturated carbocycles. The highest BCUT2D eigenvalue weighted by Gasteiger charge is 2.29. The standard InChI is InChI=1S/C24H31NO3/c1-23(2,3)18-14-19(24(4,5)6)22(28-7)17(21(18)27)12-13-20(26)15-8-10-16(25)11-9-15/h8-14,27H,25H2,1-7H3. The maximum atomic E-state index is 12.6. The van der Waals surface area contributed by atoms with Crippen molar-refractivity contribution in [3.8, 4) is 11.5 Å². The Morgan fingerprint density at radius 1 is 1.00 bits per heavy atom. The molecule has 0 amide bonds. The van der Waals surface area contributed by atoms with E-state index in [0.717, 1.165) is 11.1 Å². The topological polar surface area (TPSA) is 72.5 Å². The van der Waals surface area contributed by atoms with Crippen LogP contribution in [-0.2, 0) is 10.8 Å². The average molecular weight is 382 g/mol. The number of phenolic OH excluding ortho intramolecular Hbond substituents is 1. The summed E-state index contributed by atoms with van der Waals surface area (Å²) in [6.45, 7) is 12.4. The Morgan fingerprint density at radius 3 is 2.00 bits per heavy atom. The minimum Gasteiger partial charge on any atom is -0.507 e. The molecule has 0 atom stereocenters. The van der Waals surface area contributed by atoms with E-state index < -0.39 is 0 Å². The second-order valence-corrected chi connectivity index (χ2v) is 9.09. The van der Waals surface area contributed by atoms with Gasteiger partial charge >= 0.3 is 0 Å². The lowest BCUT2D eigenvalue weighted by Gasteiger charge is -2.29. The fraction of sp³-hybridized carbons (Fsp3) is 0.375. The predicted molar refractivity (Wildman–Crippen MR) is 116 cm³/mol. The first-order valence-corrected chi connectivity index (χ1v) is 9.39. The van der Waals surface area contributed by atoms with Gasteiger partial charge in [0.1, 0.15) is 11.5 Å². The van der Waals surface area contributed by atoms with Gasteiger partial charge in [0, 0.05) is 22.4 Å². The summed E-state index contributed by atoms with van der Waals surface area (Å²) in [6.07, 6.45) is 3.10. The number of ketones is 1. The molecule has 150 valence electrons. The molecular weight excluding hydrogens is 350 g/mol. The Morgan fingerprint density at radius 2 is 1.54 bits per heavy atom. The zero-order chi connectivity index (χ0) is 21.3. The van der Waals surface area contributed by atoms with E-state index in [1.165, 1.54) is 6.08 Å². The molecule has 0 heterocycles. The van der Waals surface area contributed by atoms with Gasteiger partial charge in [-0.1, -0.05) is 41.5 Å². The van der Waals surface area contributed by atoms with Crippen molar-refractivity contribution in [2.45, 2.75) is 52.4 Å². The Labute approximate surface area is 168 Å². The number of carbonyl (C=O) groups is 1. The van der Waals surface area contributed by atoms with Crippen molar-refractivity contribution >= 4 is 17.5 Å². The van der Waals surface area contributed by atoms with Crippen LogP contribution < -0.4 is 10.5 Å². The Kier molecular flexibility index (Phi) is 5.93. The average Bonchev–Trinajstić information content (AvgIpc) is 2.58. The molecule has 2 rings (SSSR count). The summed E-state index contributed by atoms with van der Waals surface area (Å²) >= 11 is 0. The summed E-state index contributed by atoms with van der Waals surface area (Å²) in [6, 6.07) is 8.76. The highest BCUT2D eigenvalue weighted by Crippen LogP contribution is 2.45. The monoisotopic (exact) mass is 381 g/mol. The summed E-state index contributed by atoms with van der Waals surface area (Å²) in [5.41, 5.74) is 8.69. The van der Waals surface area contributed by atoms with Gasteiger partial charge in [-0.25, -0.2) is 0 Å². The van der Waals surface area contributed by atoms with Crippen molar-refractivity contribution in [1.82, 2.24) is 0 Å². The molecule has 0 fully saturated rings. The third-order valence-electron chi connectivity index (χ3n) is 4.70. The molecule has 2 aromatic carbocycles. The van der Waals surface area contributed by atoms with Crippen LogP contribution in [0.3, 0.4) is 0 Å². The largest absolute Gasteiger partial charge is 0.507 e. The molecule has 0 aliphatic rings. The number of allylic oxidation sites excluding steroid dienone is 1. The summed E-state index contributed by atoms with van der Waals surface area (Å²) in [7, 11) is 1.58. The number of benzene rings is 2. The van der Waals surface area contributed by atoms with Gasteiger partial charge in [-0.15, -0.1) is 0 Å². The zero-order valence-corrected chi connectivity index (χ0v) is 17.9. The Bertz CT molecular complexity index is 895. The summed E-state index contributed by atoms with van der Waals surface area (Å²) in [4.78, 5) is 12.6. The van der Waals surface area contributed by atoms with Gasteiger partial charge in [0.05, 0.1) is 12.7 Å². The summed E-state index contributed by atoms with van der Waals surface area (Å²) in [5, 5.41) is 11.0. The first-order chi connectivity index (χ1) is 12.9. The summed E-state index contributed by atoms with van der Waals surface area (Å²) in [5.74, 6) is 0.554. The molecule has 0 aliphatic carbocycles. The van der Waals surface area contributed by atoms with E-state index in [-0.39, 0.29) is 22.4 Å². The van der Waals surface area contributed by atoms with E-state index in [2.05, 4.69) is 20.8 Å². The quantitative estimate of drug-likeness (QED) is 0.418. The number of carbonyl (C=O) groups excluding carboxylic acids is 1. The fourth-order valence-electron chi connectivity index (χ4n) is 3.08. The third-order valence-corrected chi connectivity index (χ3v) is 4.70. The number of ether oxygens (including phenoxy) is 1. The number of rotatable bonds is 4. The van der Waals surface area contributed by atoms with Crippen LogP contribution in [0.4, 0.5) is 5.69 Å². The van der Waals surface area contributed by atoms with Crippen molar-refractivity contribution in [1.29, 1.82) is 0 Å². The number of nitrogen functional groups attached to an aromatic ring is 1. The lowest BCUT2D eigenvalue weighted by Crippen LogP contribution is -2.18. The maximum absolute atomic E-state index is 12.6. The van der Waals surface area contributed by atoms with Gasteiger partial charge in [-0.3, -0.25) is 4.79 Å². The van der Waals surface area contributed by atoms with Gasteiger partial charge in [0.25, 0.3) is 0 Å². The fourth-order valence-corrected chi connectivity index (χ4v) is 3.08. The van der Waals surface area contributed by atoms with Crippen molar-refractivity contribution in [2.75, 3.05) is 12.8 Å². The van der Waals surface area contributed by atoms with Gasteiger partial charge in [-0.2, -0.15) is 0 Å². The first kappa shape index (κ1) is 21.5. The van der Waals surface area contributed by atoms with Crippen LogP contribution >= 0.6 is 0 Å². The van der Waals surface area contributed by atoms with Crippen LogP contribution in [0.5, 0.6) is 11.5 Å². The van der Waals surface area contributed by atoms with Crippen LogP contribution in [0.2, 0.25) is 0 Å². The van der Waals surface area contributed by atoms with E-state index in [1.54, 1.807) is 37.5 Å². The molecule has 0 aliphatic heterocycles. The van der Waals surface area contributed by atoms with Crippen molar-refractivity contribution in [3.05, 3.63) is 58.7 Å². The van der Waals surface area contributed by atoms with Crippen LogP contribution in [0, 0.1) is 0 Å². The molecule has 0 aromatic heterocycles. The van der Waals surface area contributed by atoms with Gasteiger partial charge in [0.15, 0.2) is 5.78 Å². The van der Waals surface area contributed by atoms with Gasteiger partial charge in [-0.05, 0) is 53.3 Å². The zero-order valence-electron chi connectivity index (χ0n) is 17.9. The van der Waals surface area contributed by atoms with Crippen LogP contribution in [0.25, 0.3) is 6.08 Å². The molecule has 3 N–H and O–H groups in total. The Balaban J connectivity index is 2.64. The summed E-state index contributed by atoms with van der Waals surface area (Å²) < 4.78 is 5.67. The normalized spacial score (nSPS) is 12.4. The maximum Gasteiger partial charge on any atom is 0.185 e. The number of phenols is 1. The molecule has 0 spiro atoms. The number of hydrogen-bond donors (Lipinski definition) is 2. The molecule has 0 saturated heterocycles. The third kappa shape index (κ3) is 4.56. The number of hydrogen-bond acceptors (Lipinski definition) is 4. The molecule has 0 bridgehead atoms. The minimum atomic E-state index is -0.264. The number of nitrogens with two attached hydrogens (primary N) is 1.